The van der Waals surface area contributed by atoms with Gasteiger partial charge in [-0.3, -0.25) is 0 Å². The number of nitrogens with one attached hydrogen (secondary N) is 1. The molecule has 0 aliphatic carbocycles. The zero-order valence-corrected chi connectivity index (χ0v) is 10.6. The van der Waals surface area contributed by atoms with Crippen molar-refractivity contribution < 1.29 is 16.8 Å². The summed E-state index contributed by atoms with van der Waals surface area (Å²) in [7, 11) is -6.56. The van der Waals surface area contributed by atoms with E-state index in [2.05, 4.69) is 5.32 Å². The van der Waals surface area contributed by atoms with Crippen molar-refractivity contribution in [2.45, 2.75) is 11.7 Å². The van der Waals surface area contributed by atoms with E-state index in [4.69, 9.17) is 0 Å². The van der Waals surface area contributed by atoms with Gasteiger partial charge in [0.2, 0.25) is 10.0 Å². The highest BCUT2D eigenvalue weighted by molar-refractivity contribution is 7.95. The van der Waals surface area contributed by atoms with E-state index < -0.39 is 25.1 Å². The van der Waals surface area contributed by atoms with Gasteiger partial charge in [-0.05, 0) is 6.42 Å². The minimum atomic E-state index is -3.42. The topological polar surface area (TPSA) is 83.5 Å². The van der Waals surface area contributed by atoms with Crippen molar-refractivity contribution >= 4 is 19.9 Å². The van der Waals surface area contributed by atoms with Crippen LogP contribution in [0, 0.1) is 0 Å². The predicted octanol–water partition coefficient (Wildman–Crippen LogP) is -1.59. The van der Waals surface area contributed by atoms with Gasteiger partial charge in [0.15, 0.2) is 9.84 Å². The van der Waals surface area contributed by atoms with Gasteiger partial charge < -0.3 is 5.32 Å². The zero-order valence-electron chi connectivity index (χ0n) is 8.92. The van der Waals surface area contributed by atoms with E-state index in [0.717, 1.165) is 0 Å². The van der Waals surface area contributed by atoms with Crippen LogP contribution in [-0.2, 0) is 19.9 Å². The van der Waals surface area contributed by atoms with Gasteiger partial charge in [-0.1, -0.05) is 0 Å². The summed E-state index contributed by atoms with van der Waals surface area (Å²) in [6.45, 7) is 2.16. The third kappa shape index (κ3) is 2.39. The zero-order chi connectivity index (χ0) is 11.8. The number of piperazine rings is 1. The number of hydrogen-bond acceptors (Lipinski definition) is 5. The Labute approximate surface area is 96.0 Å². The average molecular weight is 268 g/mol. The van der Waals surface area contributed by atoms with E-state index in [-0.39, 0.29) is 17.9 Å². The number of rotatable bonds is 2. The fourth-order valence-corrected chi connectivity index (χ4v) is 6.64. The molecular formula is C8H16N2O4S2. The molecule has 94 valence electrons. The molecule has 1 unspecified atom stereocenters. The molecule has 2 aliphatic rings. The normalized spacial score (nSPS) is 31.6. The van der Waals surface area contributed by atoms with Gasteiger partial charge in [0.25, 0.3) is 0 Å². The van der Waals surface area contributed by atoms with Crippen LogP contribution >= 0.6 is 0 Å². The van der Waals surface area contributed by atoms with Crippen LogP contribution in [-0.4, -0.2) is 64.1 Å². The molecular weight excluding hydrogens is 252 g/mol. The van der Waals surface area contributed by atoms with Gasteiger partial charge in [0, 0.05) is 26.2 Å². The highest BCUT2D eigenvalue weighted by Gasteiger charge is 2.40. The first-order chi connectivity index (χ1) is 7.42. The van der Waals surface area contributed by atoms with Crippen LogP contribution < -0.4 is 5.32 Å². The Bertz CT molecular complexity index is 450. The van der Waals surface area contributed by atoms with Crippen LogP contribution in [0.2, 0.25) is 0 Å². The standard InChI is InChI=1S/C8H16N2O4S2/c11-15(12)6-1-8(7-15)16(13,14)10-4-2-9-3-5-10/h8-9H,1-7H2. The monoisotopic (exact) mass is 268 g/mol. The summed E-state index contributed by atoms with van der Waals surface area (Å²) < 4.78 is 48.2. The summed E-state index contributed by atoms with van der Waals surface area (Å²) in [5.41, 5.74) is 0. The van der Waals surface area contributed by atoms with Crippen molar-refractivity contribution in [2.24, 2.45) is 0 Å². The largest absolute Gasteiger partial charge is 0.314 e. The second kappa shape index (κ2) is 4.25. The van der Waals surface area contributed by atoms with Crippen molar-refractivity contribution in [1.82, 2.24) is 9.62 Å². The van der Waals surface area contributed by atoms with E-state index in [1.54, 1.807) is 0 Å². The molecule has 0 aromatic rings. The van der Waals surface area contributed by atoms with Crippen LogP contribution in [0.3, 0.4) is 0 Å². The van der Waals surface area contributed by atoms with Crippen molar-refractivity contribution in [3.63, 3.8) is 0 Å². The third-order valence-electron chi connectivity index (χ3n) is 3.05. The SMILES string of the molecule is O=S1(=O)CCC(S(=O)(=O)N2CCNCC2)C1. The first-order valence-corrected chi connectivity index (χ1v) is 8.64. The van der Waals surface area contributed by atoms with Gasteiger partial charge >= 0.3 is 0 Å². The molecule has 0 amide bonds. The average Bonchev–Trinajstić information content (AvgIpc) is 2.61. The third-order valence-corrected chi connectivity index (χ3v) is 7.36. The first kappa shape index (κ1) is 12.3. The summed E-state index contributed by atoms with van der Waals surface area (Å²) in [4.78, 5) is 0. The number of nitrogens with zero attached hydrogens (tertiary/aromatic N) is 1. The summed E-state index contributed by atoms with van der Waals surface area (Å²) in [6, 6.07) is 0. The van der Waals surface area contributed by atoms with Crippen molar-refractivity contribution in [3.05, 3.63) is 0 Å². The quantitative estimate of drug-likeness (QED) is 0.653. The van der Waals surface area contributed by atoms with E-state index in [1.165, 1.54) is 4.31 Å². The lowest BCUT2D eigenvalue weighted by atomic mass is 10.4. The molecule has 0 saturated carbocycles. The van der Waals surface area contributed by atoms with Gasteiger partial charge in [0.1, 0.15) is 0 Å². The lowest BCUT2D eigenvalue weighted by molar-refractivity contribution is 0.356. The Morgan fingerprint density at radius 2 is 1.81 bits per heavy atom. The Balaban J connectivity index is 2.13. The Morgan fingerprint density at radius 1 is 1.19 bits per heavy atom. The molecule has 8 heteroatoms. The molecule has 16 heavy (non-hydrogen) atoms. The Hall–Kier alpha value is -0.180. The fraction of sp³-hybridized carbons (Fsp3) is 1.00. The molecule has 0 spiro atoms. The molecule has 2 rings (SSSR count). The summed E-state index contributed by atoms with van der Waals surface area (Å²) >= 11 is 0. The van der Waals surface area contributed by atoms with Crippen LogP contribution in [0.1, 0.15) is 6.42 Å². The second-order valence-electron chi connectivity index (χ2n) is 4.22. The van der Waals surface area contributed by atoms with E-state index >= 15 is 0 Å². The molecule has 0 bridgehead atoms. The lowest BCUT2D eigenvalue weighted by Gasteiger charge is -2.28. The maximum atomic E-state index is 12.1. The second-order valence-corrected chi connectivity index (χ2v) is 8.66. The lowest BCUT2D eigenvalue weighted by Crippen LogP contribution is -2.49. The predicted molar refractivity (Wildman–Crippen MR) is 60.4 cm³/mol. The van der Waals surface area contributed by atoms with Gasteiger partial charge in [-0.25, -0.2) is 16.8 Å². The van der Waals surface area contributed by atoms with Crippen molar-refractivity contribution in [2.75, 3.05) is 37.7 Å². The summed E-state index contributed by atoms with van der Waals surface area (Å²) in [5.74, 6) is -0.206. The highest BCUT2D eigenvalue weighted by atomic mass is 32.2. The summed E-state index contributed by atoms with van der Waals surface area (Å²) in [6.07, 6.45) is 0.245. The highest BCUT2D eigenvalue weighted by Crippen LogP contribution is 2.22. The molecule has 0 aromatic carbocycles. The number of sulfone groups is 1. The van der Waals surface area contributed by atoms with E-state index in [1.807, 2.05) is 0 Å². The van der Waals surface area contributed by atoms with Crippen LogP contribution in [0.15, 0.2) is 0 Å². The molecule has 2 fully saturated rings. The Morgan fingerprint density at radius 3 is 2.31 bits per heavy atom. The molecule has 6 nitrogen and oxygen atoms in total. The van der Waals surface area contributed by atoms with E-state index in [0.29, 0.717) is 26.2 Å². The molecule has 2 aliphatic heterocycles. The minimum Gasteiger partial charge on any atom is -0.314 e. The number of hydrogen-bond donors (Lipinski definition) is 1. The molecule has 0 radical (unpaired) electrons. The van der Waals surface area contributed by atoms with Crippen LogP contribution in [0.4, 0.5) is 0 Å². The molecule has 2 heterocycles. The minimum absolute atomic E-state index is 0.00296. The van der Waals surface area contributed by atoms with Crippen molar-refractivity contribution in [3.8, 4) is 0 Å². The molecule has 2 saturated heterocycles. The van der Waals surface area contributed by atoms with Crippen LogP contribution in [0.25, 0.3) is 0 Å². The smallest absolute Gasteiger partial charge is 0.218 e. The Kier molecular flexibility index (Phi) is 3.26. The first-order valence-electron chi connectivity index (χ1n) is 5.32. The molecule has 1 N–H and O–H groups in total. The maximum Gasteiger partial charge on any atom is 0.218 e. The van der Waals surface area contributed by atoms with Gasteiger partial charge in [-0.2, -0.15) is 4.31 Å². The van der Waals surface area contributed by atoms with Crippen LogP contribution in [0.5, 0.6) is 0 Å². The fourth-order valence-electron chi connectivity index (χ4n) is 2.11. The summed E-state index contributed by atoms with van der Waals surface area (Å²) in [5, 5.41) is 2.34. The molecule has 0 aromatic heterocycles. The van der Waals surface area contributed by atoms with Crippen molar-refractivity contribution in [1.29, 1.82) is 0 Å². The number of sulfonamides is 1. The molecule has 1 atom stereocenters. The van der Waals surface area contributed by atoms with Gasteiger partial charge in [-0.15, -0.1) is 0 Å². The van der Waals surface area contributed by atoms with Gasteiger partial charge in [0.05, 0.1) is 16.8 Å². The van der Waals surface area contributed by atoms with E-state index in [9.17, 15) is 16.8 Å². The maximum absolute atomic E-state index is 12.1.